The SMILES string of the molecule is Cc1c(CCO)nc2cc(F)ccn12. The molecule has 4 heteroatoms. The van der Waals surface area contributed by atoms with Crippen molar-refractivity contribution >= 4 is 5.65 Å². The van der Waals surface area contributed by atoms with Gasteiger partial charge in [-0.3, -0.25) is 0 Å². The smallest absolute Gasteiger partial charge is 0.140 e. The molecule has 0 aliphatic carbocycles. The molecule has 0 aromatic carbocycles. The zero-order valence-corrected chi connectivity index (χ0v) is 7.87. The first kappa shape index (κ1) is 9.15. The quantitative estimate of drug-likeness (QED) is 0.782. The van der Waals surface area contributed by atoms with Crippen LogP contribution < -0.4 is 0 Å². The van der Waals surface area contributed by atoms with Crippen LogP contribution in [0, 0.1) is 12.7 Å². The van der Waals surface area contributed by atoms with Crippen molar-refractivity contribution < 1.29 is 9.50 Å². The minimum absolute atomic E-state index is 0.0627. The maximum absolute atomic E-state index is 12.9. The normalized spacial score (nSPS) is 11.1. The topological polar surface area (TPSA) is 37.5 Å². The van der Waals surface area contributed by atoms with Gasteiger partial charge in [-0.1, -0.05) is 0 Å². The van der Waals surface area contributed by atoms with Crippen molar-refractivity contribution in [2.45, 2.75) is 13.3 Å². The second-order valence-corrected chi connectivity index (χ2v) is 3.19. The Morgan fingerprint density at radius 1 is 1.57 bits per heavy atom. The van der Waals surface area contributed by atoms with Crippen LogP contribution in [0.1, 0.15) is 11.4 Å². The van der Waals surface area contributed by atoms with Crippen molar-refractivity contribution in [3.63, 3.8) is 0 Å². The summed E-state index contributed by atoms with van der Waals surface area (Å²) in [7, 11) is 0. The molecule has 0 atom stereocenters. The monoisotopic (exact) mass is 194 g/mol. The molecule has 1 N–H and O–H groups in total. The van der Waals surface area contributed by atoms with E-state index >= 15 is 0 Å². The highest BCUT2D eigenvalue weighted by atomic mass is 19.1. The molecule has 2 aromatic rings. The zero-order chi connectivity index (χ0) is 10.1. The maximum Gasteiger partial charge on any atom is 0.140 e. The average Bonchev–Trinajstić information content (AvgIpc) is 2.44. The van der Waals surface area contributed by atoms with E-state index < -0.39 is 0 Å². The molecule has 0 amide bonds. The van der Waals surface area contributed by atoms with Crippen LogP contribution in [0.5, 0.6) is 0 Å². The molecule has 2 rings (SSSR count). The summed E-state index contributed by atoms with van der Waals surface area (Å²) < 4.78 is 14.7. The van der Waals surface area contributed by atoms with Gasteiger partial charge in [0.15, 0.2) is 0 Å². The van der Waals surface area contributed by atoms with Gasteiger partial charge in [0.05, 0.1) is 5.69 Å². The number of hydrogen-bond donors (Lipinski definition) is 1. The van der Waals surface area contributed by atoms with Gasteiger partial charge >= 0.3 is 0 Å². The van der Waals surface area contributed by atoms with Gasteiger partial charge in [-0.2, -0.15) is 0 Å². The number of aromatic nitrogens is 2. The van der Waals surface area contributed by atoms with E-state index in [1.54, 1.807) is 6.20 Å². The summed E-state index contributed by atoms with van der Waals surface area (Å²) >= 11 is 0. The van der Waals surface area contributed by atoms with Crippen LogP contribution in [0.2, 0.25) is 0 Å². The van der Waals surface area contributed by atoms with E-state index in [0.717, 1.165) is 11.4 Å². The molecule has 0 aliphatic heterocycles. The predicted molar refractivity (Wildman–Crippen MR) is 50.7 cm³/mol. The van der Waals surface area contributed by atoms with Crippen molar-refractivity contribution in [3.05, 3.63) is 35.5 Å². The zero-order valence-electron chi connectivity index (χ0n) is 7.87. The van der Waals surface area contributed by atoms with Gasteiger partial charge in [-0.15, -0.1) is 0 Å². The number of imidazole rings is 1. The molecule has 0 spiro atoms. The molecule has 2 aromatic heterocycles. The molecule has 3 nitrogen and oxygen atoms in total. The Balaban J connectivity index is 2.61. The van der Waals surface area contributed by atoms with Crippen LogP contribution in [-0.4, -0.2) is 21.1 Å². The van der Waals surface area contributed by atoms with Gasteiger partial charge in [0, 0.05) is 31.0 Å². The van der Waals surface area contributed by atoms with Gasteiger partial charge < -0.3 is 9.51 Å². The number of halogens is 1. The Kier molecular flexibility index (Phi) is 2.21. The van der Waals surface area contributed by atoms with Crippen molar-refractivity contribution in [1.29, 1.82) is 0 Å². The lowest BCUT2D eigenvalue weighted by Gasteiger charge is -1.96. The molecule has 0 bridgehead atoms. The maximum atomic E-state index is 12.9. The Hall–Kier alpha value is -1.42. The van der Waals surface area contributed by atoms with Gasteiger partial charge in [-0.25, -0.2) is 9.37 Å². The summed E-state index contributed by atoms with van der Waals surface area (Å²) in [6.45, 7) is 1.97. The molecule has 74 valence electrons. The number of aliphatic hydroxyl groups excluding tert-OH is 1. The molecule has 0 saturated heterocycles. The molecule has 0 aliphatic rings. The van der Waals surface area contributed by atoms with E-state index in [9.17, 15) is 4.39 Å². The van der Waals surface area contributed by atoms with E-state index in [2.05, 4.69) is 4.98 Å². The van der Waals surface area contributed by atoms with Crippen molar-refractivity contribution in [2.75, 3.05) is 6.61 Å². The first-order valence-electron chi connectivity index (χ1n) is 4.46. The van der Waals surface area contributed by atoms with E-state index in [0.29, 0.717) is 12.1 Å². The van der Waals surface area contributed by atoms with E-state index in [-0.39, 0.29) is 12.4 Å². The first-order chi connectivity index (χ1) is 6.72. The number of fused-ring (bicyclic) bond motifs is 1. The van der Waals surface area contributed by atoms with Gasteiger partial charge in [-0.05, 0) is 13.0 Å². The van der Waals surface area contributed by atoms with Crippen LogP contribution >= 0.6 is 0 Å². The molecule has 0 saturated carbocycles. The number of rotatable bonds is 2. The highest BCUT2D eigenvalue weighted by Crippen LogP contribution is 2.13. The lowest BCUT2D eigenvalue weighted by atomic mass is 10.3. The summed E-state index contributed by atoms with van der Waals surface area (Å²) in [5, 5.41) is 8.80. The summed E-state index contributed by atoms with van der Waals surface area (Å²) in [6, 6.07) is 2.78. The number of nitrogens with zero attached hydrogens (tertiary/aromatic N) is 2. The van der Waals surface area contributed by atoms with E-state index in [1.165, 1.54) is 12.1 Å². The molecule has 14 heavy (non-hydrogen) atoms. The Morgan fingerprint density at radius 2 is 2.36 bits per heavy atom. The van der Waals surface area contributed by atoms with Gasteiger partial charge in [0.25, 0.3) is 0 Å². The highest BCUT2D eigenvalue weighted by Gasteiger charge is 2.07. The highest BCUT2D eigenvalue weighted by molar-refractivity contribution is 5.43. The summed E-state index contributed by atoms with van der Waals surface area (Å²) in [5.41, 5.74) is 2.36. The fourth-order valence-electron chi connectivity index (χ4n) is 1.53. The summed E-state index contributed by atoms with van der Waals surface area (Å²) in [4.78, 5) is 4.23. The molecular weight excluding hydrogens is 183 g/mol. The molecule has 0 fully saturated rings. The number of hydrogen-bond acceptors (Lipinski definition) is 2. The first-order valence-corrected chi connectivity index (χ1v) is 4.46. The molecule has 2 heterocycles. The second kappa shape index (κ2) is 3.38. The van der Waals surface area contributed by atoms with Crippen molar-refractivity contribution in [1.82, 2.24) is 9.38 Å². The Bertz CT molecular complexity index is 464. The molecule has 0 unspecified atom stereocenters. The molecule has 0 radical (unpaired) electrons. The minimum Gasteiger partial charge on any atom is -0.396 e. The van der Waals surface area contributed by atoms with Crippen molar-refractivity contribution in [3.8, 4) is 0 Å². The third-order valence-electron chi connectivity index (χ3n) is 2.27. The van der Waals surface area contributed by atoms with Crippen LogP contribution in [0.3, 0.4) is 0 Å². The van der Waals surface area contributed by atoms with Gasteiger partial charge in [0.2, 0.25) is 0 Å². The standard InChI is InChI=1S/C10H11FN2O/c1-7-9(3-5-14)12-10-6-8(11)2-4-13(7)10/h2,4,6,14H,3,5H2,1H3. The average molecular weight is 194 g/mol. The Morgan fingerprint density at radius 3 is 3.07 bits per heavy atom. The van der Waals surface area contributed by atoms with Gasteiger partial charge in [0.1, 0.15) is 11.5 Å². The fraction of sp³-hybridized carbons (Fsp3) is 0.300. The second-order valence-electron chi connectivity index (χ2n) is 3.19. The third kappa shape index (κ3) is 1.37. The predicted octanol–water partition coefficient (Wildman–Crippen LogP) is 1.32. The number of aliphatic hydroxyl groups is 1. The fourth-order valence-corrected chi connectivity index (χ4v) is 1.53. The largest absolute Gasteiger partial charge is 0.396 e. The van der Waals surface area contributed by atoms with E-state index in [4.69, 9.17) is 5.11 Å². The number of aryl methyl sites for hydroxylation is 1. The van der Waals surface area contributed by atoms with Crippen LogP contribution in [-0.2, 0) is 6.42 Å². The lowest BCUT2D eigenvalue weighted by molar-refractivity contribution is 0.298. The summed E-state index contributed by atoms with van der Waals surface area (Å²) in [6.07, 6.45) is 2.16. The third-order valence-corrected chi connectivity index (χ3v) is 2.27. The van der Waals surface area contributed by atoms with Crippen LogP contribution in [0.25, 0.3) is 5.65 Å². The minimum atomic E-state index is -0.293. The molecular formula is C10H11FN2O. The van der Waals surface area contributed by atoms with E-state index in [1.807, 2.05) is 11.3 Å². The summed E-state index contributed by atoms with van der Waals surface area (Å²) in [5.74, 6) is -0.293. The van der Waals surface area contributed by atoms with Crippen LogP contribution in [0.4, 0.5) is 4.39 Å². The number of pyridine rings is 1. The van der Waals surface area contributed by atoms with Crippen LogP contribution in [0.15, 0.2) is 18.3 Å². The lowest BCUT2D eigenvalue weighted by Crippen LogP contribution is -1.94. The van der Waals surface area contributed by atoms with Crippen molar-refractivity contribution in [2.24, 2.45) is 0 Å². The Labute approximate surface area is 80.8 Å².